The molecule has 8 heteroatoms. The second-order valence-corrected chi connectivity index (χ2v) is 7.23. The van der Waals surface area contributed by atoms with Gasteiger partial charge in [0.15, 0.2) is 0 Å². The van der Waals surface area contributed by atoms with Crippen molar-refractivity contribution in [1.29, 1.82) is 0 Å². The van der Waals surface area contributed by atoms with E-state index < -0.39 is 17.7 Å². The lowest BCUT2D eigenvalue weighted by molar-refractivity contribution is -0.113. The van der Waals surface area contributed by atoms with Crippen LogP contribution in [0, 0.1) is 5.82 Å². The average molecular weight is 424 g/mol. The molecular weight excluding hydrogens is 407 g/mol. The third-order valence-corrected chi connectivity index (χ3v) is 5.03. The largest absolute Gasteiger partial charge is 0.478 e. The Morgan fingerprint density at radius 3 is 2.07 bits per heavy atom. The van der Waals surface area contributed by atoms with Gasteiger partial charge in [0.05, 0.1) is 16.9 Å². The third kappa shape index (κ3) is 5.68. The van der Waals surface area contributed by atoms with Crippen LogP contribution in [-0.2, 0) is 4.79 Å². The number of thioether (sulfide) groups is 1. The summed E-state index contributed by atoms with van der Waals surface area (Å²) >= 11 is 1.30. The highest BCUT2D eigenvalue weighted by Gasteiger charge is 2.11. The standard InChI is InChI=1S/C22H17FN2O4S/c23-19-4-2-1-3-18(19)21(27)25-16-9-11-17(12-10-16)30-13-20(26)24-15-7-5-14(6-8-15)22(28)29/h1-12H,13H2,(H,24,26)(H,25,27)(H,28,29). The summed E-state index contributed by atoms with van der Waals surface area (Å²) in [6.45, 7) is 0. The van der Waals surface area contributed by atoms with Crippen molar-refractivity contribution < 1.29 is 23.9 Å². The minimum Gasteiger partial charge on any atom is -0.478 e. The molecule has 3 aromatic carbocycles. The molecule has 0 aliphatic rings. The van der Waals surface area contributed by atoms with Crippen molar-refractivity contribution in [3.8, 4) is 0 Å². The van der Waals surface area contributed by atoms with Crippen LogP contribution in [0.2, 0.25) is 0 Å². The molecule has 0 radical (unpaired) electrons. The maximum atomic E-state index is 13.7. The quantitative estimate of drug-likeness (QED) is 0.485. The van der Waals surface area contributed by atoms with Crippen molar-refractivity contribution in [2.45, 2.75) is 4.90 Å². The second-order valence-electron chi connectivity index (χ2n) is 6.18. The molecule has 6 nitrogen and oxygen atoms in total. The van der Waals surface area contributed by atoms with Gasteiger partial charge in [-0.3, -0.25) is 9.59 Å². The van der Waals surface area contributed by atoms with Crippen molar-refractivity contribution in [2.24, 2.45) is 0 Å². The Labute approximate surface area is 176 Å². The molecule has 0 atom stereocenters. The number of benzene rings is 3. The second kappa shape index (κ2) is 9.71. The van der Waals surface area contributed by atoms with Gasteiger partial charge in [-0.2, -0.15) is 0 Å². The molecule has 0 saturated carbocycles. The molecule has 3 N–H and O–H groups in total. The molecule has 152 valence electrons. The first-order valence-corrected chi connectivity index (χ1v) is 9.83. The summed E-state index contributed by atoms with van der Waals surface area (Å²) in [6, 6.07) is 18.4. The lowest BCUT2D eigenvalue weighted by Gasteiger charge is -2.08. The number of aromatic carboxylic acids is 1. The molecule has 0 bridgehead atoms. The van der Waals surface area contributed by atoms with Gasteiger partial charge in [-0.15, -0.1) is 11.8 Å². The molecule has 3 aromatic rings. The summed E-state index contributed by atoms with van der Waals surface area (Å²) < 4.78 is 13.7. The number of anilines is 2. The monoisotopic (exact) mass is 424 g/mol. The highest BCUT2D eigenvalue weighted by Crippen LogP contribution is 2.21. The van der Waals surface area contributed by atoms with Crippen molar-refractivity contribution in [3.05, 3.63) is 89.7 Å². The van der Waals surface area contributed by atoms with Gasteiger partial charge >= 0.3 is 5.97 Å². The summed E-state index contributed by atoms with van der Waals surface area (Å²) in [4.78, 5) is 35.8. The Bertz CT molecular complexity index is 1070. The zero-order valence-electron chi connectivity index (χ0n) is 15.6. The summed E-state index contributed by atoms with van der Waals surface area (Å²) in [5.41, 5.74) is 1.13. The van der Waals surface area contributed by atoms with Gasteiger partial charge in [-0.05, 0) is 60.7 Å². The van der Waals surface area contributed by atoms with E-state index in [9.17, 15) is 18.8 Å². The van der Waals surface area contributed by atoms with Gasteiger partial charge in [-0.25, -0.2) is 9.18 Å². The number of hydrogen-bond acceptors (Lipinski definition) is 4. The van der Waals surface area contributed by atoms with Gasteiger partial charge < -0.3 is 15.7 Å². The summed E-state index contributed by atoms with van der Waals surface area (Å²) in [5, 5.41) is 14.2. The molecule has 0 aromatic heterocycles. The Morgan fingerprint density at radius 2 is 1.43 bits per heavy atom. The predicted octanol–water partition coefficient (Wildman–Crippen LogP) is 4.51. The lowest BCUT2D eigenvalue weighted by atomic mass is 10.2. The number of amides is 2. The smallest absolute Gasteiger partial charge is 0.335 e. The number of carboxylic acids is 1. The van der Waals surface area contributed by atoms with E-state index in [1.807, 2.05) is 0 Å². The van der Waals surface area contributed by atoms with Gasteiger partial charge in [0.1, 0.15) is 5.82 Å². The van der Waals surface area contributed by atoms with Gasteiger partial charge in [0.25, 0.3) is 5.91 Å². The SMILES string of the molecule is O=C(CSc1ccc(NC(=O)c2ccccc2F)cc1)Nc1ccc(C(=O)O)cc1. The molecule has 0 unspecified atom stereocenters. The lowest BCUT2D eigenvalue weighted by Crippen LogP contribution is -2.14. The first kappa shape index (κ1) is 21.1. The van der Waals surface area contributed by atoms with E-state index >= 15 is 0 Å². The van der Waals surface area contributed by atoms with E-state index in [0.29, 0.717) is 11.4 Å². The van der Waals surface area contributed by atoms with Crippen molar-refractivity contribution in [1.82, 2.24) is 0 Å². The van der Waals surface area contributed by atoms with Crippen LogP contribution >= 0.6 is 11.8 Å². The number of hydrogen-bond donors (Lipinski definition) is 3. The number of halogens is 1. The van der Waals surface area contributed by atoms with Crippen molar-refractivity contribution in [3.63, 3.8) is 0 Å². The van der Waals surface area contributed by atoms with Crippen molar-refractivity contribution >= 4 is 40.9 Å². The Balaban J connectivity index is 1.50. The number of carbonyl (C=O) groups is 3. The van der Waals surface area contributed by atoms with Crippen LogP contribution in [0.15, 0.2) is 77.7 Å². The molecule has 0 spiro atoms. The zero-order chi connectivity index (χ0) is 21.5. The Kier molecular flexibility index (Phi) is 6.82. The molecule has 2 amide bonds. The zero-order valence-corrected chi connectivity index (χ0v) is 16.4. The van der Waals surface area contributed by atoms with E-state index in [1.165, 1.54) is 54.2 Å². The van der Waals surface area contributed by atoms with E-state index in [-0.39, 0.29) is 22.8 Å². The third-order valence-electron chi connectivity index (χ3n) is 4.02. The van der Waals surface area contributed by atoms with Crippen LogP contribution in [-0.4, -0.2) is 28.6 Å². The topological polar surface area (TPSA) is 95.5 Å². The van der Waals surface area contributed by atoms with E-state index in [0.717, 1.165) is 4.90 Å². The first-order chi connectivity index (χ1) is 14.4. The Morgan fingerprint density at radius 1 is 0.833 bits per heavy atom. The number of nitrogens with one attached hydrogen (secondary N) is 2. The minimum atomic E-state index is -1.03. The maximum absolute atomic E-state index is 13.7. The fourth-order valence-electron chi connectivity index (χ4n) is 2.52. The molecule has 3 rings (SSSR count). The van der Waals surface area contributed by atoms with E-state index in [4.69, 9.17) is 5.11 Å². The normalized spacial score (nSPS) is 10.3. The summed E-state index contributed by atoms with van der Waals surface area (Å²) in [6.07, 6.45) is 0. The fraction of sp³-hybridized carbons (Fsp3) is 0.0455. The molecule has 0 saturated heterocycles. The molecule has 30 heavy (non-hydrogen) atoms. The molecule has 0 fully saturated rings. The first-order valence-electron chi connectivity index (χ1n) is 8.84. The van der Waals surface area contributed by atoms with Crippen LogP contribution in [0.4, 0.5) is 15.8 Å². The van der Waals surface area contributed by atoms with Crippen LogP contribution in [0.1, 0.15) is 20.7 Å². The van der Waals surface area contributed by atoms with Gasteiger partial charge in [-0.1, -0.05) is 12.1 Å². The van der Waals surface area contributed by atoms with Crippen LogP contribution in [0.25, 0.3) is 0 Å². The summed E-state index contributed by atoms with van der Waals surface area (Å²) in [7, 11) is 0. The number of carbonyl (C=O) groups excluding carboxylic acids is 2. The van der Waals surface area contributed by atoms with Crippen LogP contribution in [0.3, 0.4) is 0 Å². The van der Waals surface area contributed by atoms with E-state index in [2.05, 4.69) is 10.6 Å². The van der Waals surface area contributed by atoms with Crippen LogP contribution < -0.4 is 10.6 Å². The highest BCUT2D eigenvalue weighted by atomic mass is 32.2. The molecule has 0 heterocycles. The summed E-state index contributed by atoms with van der Waals surface area (Å²) in [5.74, 6) is -2.24. The fourth-order valence-corrected chi connectivity index (χ4v) is 3.22. The molecular formula is C22H17FN2O4S. The Hall–Kier alpha value is -3.65. The number of rotatable bonds is 7. The maximum Gasteiger partial charge on any atom is 0.335 e. The highest BCUT2D eigenvalue weighted by molar-refractivity contribution is 8.00. The minimum absolute atomic E-state index is 0.0380. The molecule has 0 aliphatic heterocycles. The van der Waals surface area contributed by atoms with Gasteiger partial charge in [0, 0.05) is 16.3 Å². The average Bonchev–Trinajstić information content (AvgIpc) is 2.74. The number of carboxylic acid groups (broad SMARTS) is 1. The van der Waals surface area contributed by atoms with E-state index in [1.54, 1.807) is 30.3 Å². The van der Waals surface area contributed by atoms with Gasteiger partial charge in [0.2, 0.25) is 5.91 Å². The van der Waals surface area contributed by atoms with Crippen LogP contribution in [0.5, 0.6) is 0 Å². The predicted molar refractivity (Wildman–Crippen MR) is 114 cm³/mol. The van der Waals surface area contributed by atoms with Crippen molar-refractivity contribution in [2.75, 3.05) is 16.4 Å². The molecule has 0 aliphatic carbocycles.